The van der Waals surface area contributed by atoms with Gasteiger partial charge in [-0.25, -0.2) is 9.59 Å². The molecule has 1 amide bonds. The Hall–Kier alpha value is -2.19. The Balaban J connectivity index is 2.32. The van der Waals surface area contributed by atoms with Crippen molar-refractivity contribution >= 4 is 46.9 Å². The maximum atomic E-state index is 12.9. The highest BCUT2D eigenvalue weighted by molar-refractivity contribution is 8.24. The molecule has 0 saturated heterocycles. The predicted octanol–water partition coefficient (Wildman–Crippen LogP) is 2.52. The number of esters is 2. The summed E-state index contributed by atoms with van der Waals surface area (Å²) < 4.78 is 10.6. The molecule has 0 fully saturated rings. The average molecular weight is 391 g/mol. The number of amides is 1. The summed E-state index contributed by atoms with van der Waals surface area (Å²) >= 11 is 2.64. The number of rotatable bonds is 3. The van der Waals surface area contributed by atoms with E-state index in [-0.39, 0.29) is 16.4 Å². The highest BCUT2D eigenvalue weighted by Gasteiger charge is 2.45. The summed E-state index contributed by atoms with van der Waals surface area (Å²) in [5.41, 5.74) is 2.29. The number of benzene rings is 1. The van der Waals surface area contributed by atoms with Crippen LogP contribution in [0.1, 0.15) is 15.9 Å². The molecule has 1 aromatic rings. The zero-order valence-corrected chi connectivity index (χ0v) is 16.3. The van der Waals surface area contributed by atoms with Crippen LogP contribution in [-0.4, -0.2) is 56.3 Å². The van der Waals surface area contributed by atoms with Gasteiger partial charge in [0, 0.05) is 18.2 Å². The first-order valence-electron chi connectivity index (χ1n) is 7.69. The molecule has 0 spiro atoms. The fourth-order valence-corrected chi connectivity index (χ4v) is 5.16. The molecule has 0 N–H and O–H groups in total. The topological polar surface area (TPSA) is 72.9 Å². The van der Waals surface area contributed by atoms with Crippen molar-refractivity contribution in [2.45, 2.75) is 6.04 Å². The second-order valence-electron chi connectivity index (χ2n) is 5.60. The Morgan fingerprint density at radius 2 is 1.73 bits per heavy atom. The Bertz CT molecular complexity index is 874. The molecule has 6 nitrogen and oxygen atoms in total. The van der Waals surface area contributed by atoms with Crippen molar-refractivity contribution in [2.75, 3.05) is 27.5 Å². The second kappa shape index (κ2) is 7.20. The molecule has 0 saturated carbocycles. The summed E-state index contributed by atoms with van der Waals surface area (Å²) in [5, 5.41) is 0. The van der Waals surface area contributed by atoms with Gasteiger partial charge in [-0.1, -0.05) is 30.0 Å². The van der Waals surface area contributed by atoms with E-state index in [2.05, 4.69) is 0 Å². The number of carbonyl (C=O) groups excluding carboxylic acids is 3. The predicted molar refractivity (Wildman–Crippen MR) is 101 cm³/mol. The summed E-state index contributed by atoms with van der Waals surface area (Å²) in [6.45, 7) is 0. The molecule has 0 radical (unpaired) electrons. The number of ether oxygens (including phenoxy) is 2. The number of hydrogen-bond donors (Lipinski definition) is 0. The fraction of sp³-hybridized carbons (Fsp3) is 0.278. The lowest BCUT2D eigenvalue weighted by Gasteiger charge is -2.40. The van der Waals surface area contributed by atoms with Gasteiger partial charge in [-0.3, -0.25) is 4.79 Å². The Kier molecular flexibility index (Phi) is 5.15. The van der Waals surface area contributed by atoms with Gasteiger partial charge in [0.1, 0.15) is 4.91 Å². The van der Waals surface area contributed by atoms with Crippen molar-refractivity contribution in [3.05, 3.63) is 50.1 Å². The number of fused-ring (bicyclic) bond motifs is 3. The van der Waals surface area contributed by atoms with Crippen LogP contribution in [0, 0.1) is 0 Å². The third-order valence-electron chi connectivity index (χ3n) is 4.32. The molecule has 2 heterocycles. The number of hydrogen-bond acceptors (Lipinski definition) is 7. The van der Waals surface area contributed by atoms with Crippen LogP contribution in [-0.2, 0) is 19.1 Å². The third kappa shape index (κ3) is 2.73. The van der Waals surface area contributed by atoms with Crippen LogP contribution in [0.5, 0.6) is 0 Å². The Morgan fingerprint density at radius 1 is 1.12 bits per heavy atom. The normalized spacial score (nSPS) is 19.2. The number of likely N-dealkylation sites (N-methyl/N-ethyl adjacent to an activating group) is 1. The number of thioether (sulfide) groups is 2. The highest BCUT2D eigenvalue weighted by atomic mass is 32.2. The van der Waals surface area contributed by atoms with Gasteiger partial charge in [0.15, 0.2) is 0 Å². The molecule has 2 aliphatic rings. The highest BCUT2D eigenvalue weighted by Crippen LogP contribution is 2.51. The van der Waals surface area contributed by atoms with Crippen LogP contribution >= 0.6 is 23.5 Å². The number of methoxy groups -OCH3 is 2. The van der Waals surface area contributed by atoms with Crippen LogP contribution < -0.4 is 0 Å². The monoisotopic (exact) mass is 391 g/mol. The molecule has 8 heteroatoms. The second-order valence-corrected chi connectivity index (χ2v) is 7.69. The molecule has 3 rings (SSSR count). The summed E-state index contributed by atoms with van der Waals surface area (Å²) in [6, 6.07) is 6.57. The van der Waals surface area contributed by atoms with Gasteiger partial charge < -0.3 is 14.4 Å². The van der Waals surface area contributed by atoms with E-state index in [1.54, 1.807) is 19.2 Å². The molecular weight excluding hydrogens is 374 g/mol. The van der Waals surface area contributed by atoms with Crippen LogP contribution in [0.4, 0.5) is 0 Å². The first-order chi connectivity index (χ1) is 12.5. The lowest BCUT2D eigenvalue weighted by Crippen LogP contribution is -2.46. The van der Waals surface area contributed by atoms with Crippen molar-refractivity contribution in [2.24, 2.45) is 0 Å². The summed E-state index contributed by atoms with van der Waals surface area (Å²) in [5.74, 6) is -1.49. The Morgan fingerprint density at radius 3 is 2.31 bits per heavy atom. The minimum absolute atomic E-state index is 0.127. The zero-order valence-electron chi connectivity index (χ0n) is 14.7. The van der Waals surface area contributed by atoms with Gasteiger partial charge in [-0.15, -0.1) is 11.8 Å². The quantitative estimate of drug-likeness (QED) is 0.733. The van der Waals surface area contributed by atoms with E-state index in [9.17, 15) is 14.4 Å². The third-order valence-corrected chi connectivity index (χ3v) is 6.66. The van der Waals surface area contributed by atoms with Gasteiger partial charge >= 0.3 is 11.9 Å². The largest absolute Gasteiger partial charge is 0.466 e. The van der Waals surface area contributed by atoms with Crippen molar-refractivity contribution in [3.8, 4) is 0 Å². The maximum absolute atomic E-state index is 12.9. The number of nitrogens with zero attached hydrogens (tertiary/aromatic N) is 1. The minimum Gasteiger partial charge on any atom is -0.466 e. The fourth-order valence-electron chi connectivity index (χ4n) is 3.15. The van der Waals surface area contributed by atoms with E-state index in [1.165, 1.54) is 42.6 Å². The van der Waals surface area contributed by atoms with E-state index in [0.717, 1.165) is 15.4 Å². The number of carbonyl (C=O) groups is 3. The summed E-state index contributed by atoms with van der Waals surface area (Å²) in [6.07, 6.45) is 1.89. The maximum Gasteiger partial charge on any atom is 0.345 e. The van der Waals surface area contributed by atoms with Crippen molar-refractivity contribution in [3.63, 3.8) is 0 Å². The van der Waals surface area contributed by atoms with E-state index >= 15 is 0 Å². The van der Waals surface area contributed by atoms with Crippen LogP contribution in [0.3, 0.4) is 0 Å². The van der Waals surface area contributed by atoms with Gasteiger partial charge in [0.2, 0.25) is 0 Å². The molecule has 26 heavy (non-hydrogen) atoms. The first-order valence-corrected chi connectivity index (χ1v) is 9.73. The molecule has 1 aromatic carbocycles. The van der Waals surface area contributed by atoms with Gasteiger partial charge in [-0.2, -0.15) is 0 Å². The zero-order chi connectivity index (χ0) is 19.0. The molecule has 0 bridgehead atoms. The molecule has 2 aliphatic heterocycles. The van der Waals surface area contributed by atoms with Crippen LogP contribution in [0.15, 0.2) is 39.0 Å². The molecule has 1 unspecified atom stereocenters. The molecule has 136 valence electrons. The smallest absolute Gasteiger partial charge is 0.345 e. The van der Waals surface area contributed by atoms with E-state index in [4.69, 9.17) is 9.47 Å². The van der Waals surface area contributed by atoms with Gasteiger partial charge in [0.25, 0.3) is 5.91 Å². The van der Waals surface area contributed by atoms with E-state index in [1.807, 2.05) is 18.4 Å². The standard InChI is InChI=1S/C18H17NO5S2/c1-19-13-11(9-7-5-6-8-10(9)15(19)20)18(25-4)26-14(17(22)24-3)12(13)16(21)23-2/h5-8,13H,1-4H3. The molecular formula is C18H17NO5S2. The lowest BCUT2D eigenvalue weighted by molar-refractivity contribution is -0.139. The minimum atomic E-state index is -0.706. The average Bonchev–Trinajstić information content (AvgIpc) is 2.69. The molecule has 0 aromatic heterocycles. The molecule has 0 aliphatic carbocycles. The Labute approximate surface area is 159 Å². The van der Waals surface area contributed by atoms with Crippen molar-refractivity contribution < 1.29 is 23.9 Å². The lowest BCUT2D eigenvalue weighted by atomic mass is 9.85. The summed E-state index contributed by atoms with van der Waals surface area (Å²) in [7, 11) is 4.13. The first kappa shape index (κ1) is 18.6. The van der Waals surface area contributed by atoms with E-state index in [0.29, 0.717) is 5.56 Å². The van der Waals surface area contributed by atoms with Gasteiger partial charge in [0.05, 0.1) is 30.1 Å². The molecule has 1 atom stereocenters. The van der Waals surface area contributed by atoms with Crippen LogP contribution in [0.25, 0.3) is 5.57 Å². The van der Waals surface area contributed by atoms with Crippen molar-refractivity contribution in [1.82, 2.24) is 4.90 Å². The van der Waals surface area contributed by atoms with Crippen molar-refractivity contribution in [1.29, 1.82) is 0 Å². The van der Waals surface area contributed by atoms with Crippen LogP contribution in [0.2, 0.25) is 0 Å². The van der Waals surface area contributed by atoms with E-state index < -0.39 is 18.0 Å². The summed E-state index contributed by atoms with van der Waals surface area (Å²) in [4.78, 5) is 39.4. The van der Waals surface area contributed by atoms with Gasteiger partial charge in [-0.05, 0) is 17.9 Å². The SMILES string of the molecule is COC(=O)C1=C(C(=O)OC)C2C(=C(SC)S1)c1ccccc1C(=O)N2C.